The van der Waals surface area contributed by atoms with Crippen LogP contribution >= 0.6 is 0 Å². The number of ketones is 1. The lowest BCUT2D eigenvalue weighted by Gasteiger charge is -2.10. The van der Waals surface area contributed by atoms with Gasteiger partial charge < -0.3 is 10.6 Å². The van der Waals surface area contributed by atoms with Crippen LogP contribution in [0.3, 0.4) is 0 Å². The standard InChI is InChI=1S/C8H14N2O3/c1-5(11)4-7(12)10-6(2)8(13)9-3/h6H,4H2,1-3H3,(H,9,13)(H,10,12). The van der Waals surface area contributed by atoms with E-state index in [0.717, 1.165) is 0 Å². The number of hydrogen-bond acceptors (Lipinski definition) is 3. The number of carbonyl (C=O) groups is 3. The lowest BCUT2D eigenvalue weighted by Crippen LogP contribution is -2.43. The molecule has 0 aliphatic carbocycles. The zero-order valence-electron chi connectivity index (χ0n) is 8.01. The van der Waals surface area contributed by atoms with Crippen molar-refractivity contribution < 1.29 is 14.4 Å². The van der Waals surface area contributed by atoms with Crippen LogP contribution in [0.4, 0.5) is 0 Å². The lowest BCUT2D eigenvalue weighted by atomic mass is 10.2. The maximum Gasteiger partial charge on any atom is 0.242 e. The molecule has 0 aliphatic rings. The van der Waals surface area contributed by atoms with Crippen LogP contribution in [0.25, 0.3) is 0 Å². The van der Waals surface area contributed by atoms with E-state index < -0.39 is 11.9 Å². The fourth-order valence-electron chi connectivity index (χ4n) is 0.801. The Kier molecular flexibility index (Phi) is 4.72. The first kappa shape index (κ1) is 11.6. The van der Waals surface area contributed by atoms with Gasteiger partial charge >= 0.3 is 0 Å². The molecule has 1 atom stereocenters. The van der Waals surface area contributed by atoms with E-state index in [0.29, 0.717) is 0 Å². The highest BCUT2D eigenvalue weighted by molar-refractivity contribution is 5.98. The minimum Gasteiger partial charge on any atom is -0.357 e. The Hall–Kier alpha value is -1.39. The highest BCUT2D eigenvalue weighted by Gasteiger charge is 2.14. The second kappa shape index (κ2) is 5.29. The Morgan fingerprint density at radius 1 is 1.31 bits per heavy atom. The van der Waals surface area contributed by atoms with E-state index in [1.807, 2.05) is 0 Å². The molecule has 0 fully saturated rings. The maximum absolute atomic E-state index is 11.0. The predicted octanol–water partition coefficient (Wildman–Crippen LogP) is -0.784. The largest absolute Gasteiger partial charge is 0.357 e. The fraction of sp³-hybridized carbons (Fsp3) is 0.625. The van der Waals surface area contributed by atoms with Crippen molar-refractivity contribution in [3.8, 4) is 0 Å². The van der Waals surface area contributed by atoms with Crippen molar-refractivity contribution in [1.29, 1.82) is 0 Å². The number of hydrogen-bond donors (Lipinski definition) is 2. The summed E-state index contributed by atoms with van der Waals surface area (Å²) in [6.45, 7) is 2.88. The summed E-state index contributed by atoms with van der Waals surface area (Å²) in [7, 11) is 1.48. The smallest absolute Gasteiger partial charge is 0.242 e. The first-order valence-corrected chi connectivity index (χ1v) is 3.97. The molecule has 2 N–H and O–H groups in total. The van der Waals surface area contributed by atoms with Gasteiger partial charge in [0.2, 0.25) is 11.8 Å². The van der Waals surface area contributed by atoms with Crippen LogP contribution < -0.4 is 10.6 Å². The molecule has 0 aromatic carbocycles. The molecular weight excluding hydrogens is 172 g/mol. The highest BCUT2D eigenvalue weighted by Crippen LogP contribution is 1.86. The molecule has 0 radical (unpaired) electrons. The Labute approximate surface area is 76.9 Å². The first-order valence-electron chi connectivity index (χ1n) is 3.97. The fourth-order valence-corrected chi connectivity index (χ4v) is 0.801. The van der Waals surface area contributed by atoms with Gasteiger partial charge in [-0.1, -0.05) is 0 Å². The number of likely N-dealkylation sites (N-methyl/N-ethyl adjacent to an activating group) is 1. The van der Waals surface area contributed by atoms with E-state index in [-0.39, 0.29) is 18.1 Å². The second-order valence-electron chi connectivity index (χ2n) is 2.78. The monoisotopic (exact) mass is 186 g/mol. The van der Waals surface area contributed by atoms with Crippen molar-refractivity contribution >= 4 is 17.6 Å². The minimum atomic E-state index is -0.600. The Morgan fingerprint density at radius 3 is 2.23 bits per heavy atom. The van der Waals surface area contributed by atoms with Gasteiger partial charge in [0.05, 0.1) is 6.42 Å². The SMILES string of the molecule is CNC(=O)C(C)NC(=O)CC(C)=O. The van der Waals surface area contributed by atoms with Crippen LogP contribution in [0.5, 0.6) is 0 Å². The molecule has 0 bridgehead atoms. The third-order valence-corrected chi connectivity index (χ3v) is 1.43. The summed E-state index contributed by atoms with van der Waals surface area (Å²) >= 11 is 0. The normalized spacial score (nSPS) is 11.6. The van der Waals surface area contributed by atoms with Gasteiger partial charge in [-0.3, -0.25) is 14.4 Å². The molecule has 5 nitrogen and oxygen atoms in total. The summed E-state index contributed by atoms with van der Waals surface area (Å²) in [5.41, 5.74) is 0. The summed E-state index contributed by atoms with van der Waals surface area (Å²) in [6.07, 6.45) is -0.179. The summed E-state index contributed by atoms with van der Waals surface area (Å²) in [6, 6.07) is -0.600. The number of amides is 2. The van der Waals surface area contributed by atoms with E-state index >= 15 is 0 Å². The van der Waals surface area contributed by atoms with Crippen molar-refractivity contribution in [1.82, 2.24) is 10.6 Å². The predicted molar refractivity (Wildman–Crippen MR) is 47.0 cm³/mol. The molecule has 0 saturated carbocycles. The van der Waals surface area contributed by atoms with E-state index in [2.05, 4.69) is 10.6 Å². The van der Waals surface area contributed by atoms with Crippen molar-refractivity contribution in [2.45, 2.75) is 26.3 Å². The number of carbonyl (C=O) groups excluding carboxylic acids is 3. The van der Waals surface area contributed by atoms with Crippen LogP contribution in [0.1, 0.15) is 20.3 Å². The average molecular weight is 186 g/mol. The maximum atomic E-state index is 11.0. The number of nitrogens with one attached hydrogen (secondary N) is 2. The Bertz CT molecular complexity index is 225. The van der Waals surface area contributed by atoms with Crippen LogP contribution in [0.2, 0.25) is 0 Å². The Balaban J connectivity index is 3.91. The molecule has 0 heterocycles. The van der Waals surface area contributed by atoms with Gasteiger partial charge in [-0.2, -0.15) is 0 Å². The third kappa shape index (κ3) is 4.95. The van der Waals surface area contributed by atoms with Crippen LogP contribution in [-0.2, 0) is 14.4 Å². The molecule has 0 aromatic heterocycles. The van der Waals surface area contributed by atoms with Crippen molar-refractivity contribution in [3.63, 3.8) is 0 Å². The molecule has 5 heteroatoms. The molecule has 13 heavy (non-hydrogen) atoms. The van der Waals surface area contributed by atoms with Crippen LogP contribution in [-0.4, -0.2) is 30.7 Å². The van der Waals surface area contributed by atoms with Gasteiger partial charge in [-0.05, 0) is 13.8 Å². The van der Waals surface area contributed by atoms with E-state index in [9.17, 15) is 14.4 Å². The first-order chi connectivity index (χ1) is 5.97. The van der Waals surface area contributed by atoms with Gasteiger partial charge in [0.1, 0.15) is 11.8 Å². The van der Waals surface area contributed by atoms with Gasteiger partial charge in [0.15, 0.2) is 0 Å². The molecule has 0 saturated heterocycles. The molecule has 2 amide bonds. The molecule has 0 spiro atoms. The number of rotatable bonds is 4. The van der Waals surface area contributed by atoms with Gasteiger partial charge in [0.25, 0.3) is 0 Å². The van der Waals surface area contributed by atoms with Crippen molar-refractivity contribution in [3.05, 3.63) is 0 Å². The quantitative estimate of drug-likeness (QED) is 0.565. The summed E-state index contributed by atoms with van der Waals surface area (Å²) in [4.78, 5) is 32.4. The van der Waals surface area contributed by atoms with Gasteiger partial charge in [0, 0.05) is 7.05 Å². The molecule has 1 unspecified atom stereocenters. The van der Waals surface area contributed by atoms with E-state index in [1.54, 1.807) is 6.92 Å². The summed E-state index contributed by atoms with van der Waals surface area (Å²) < 4.78 is 0. The summed E-state index contributed by atoms with van der Waals surface area (Å²) in [5, 5.41) is 4.77. The third-order valence-electron chi connectivity index (χ3n) is 1.43. The van der Waals surface area contributed by atoms with Gasteiger partial charge in [-0.15, -0.1) is 0 Å². The van der Waals surface area contributed by atoms with Crippen molar-refractivity contribution in [2.24, 2.45) is 0 Å². The number of Topliss-reactive ketones (excluding diaryl/α,β-unsaturated/α-hetero) is 1. The zero-order valence-corrected chi connectivity index (χ0v) is 8.01. The Morgan fingerprint density at radius 2 is 1.85 bits per heavy atom. The summed E-state index contributed by atoms with van der Waals surface area (Å²) in [5.74, 6) is -0.929. The van der Waals surface area contributed by atoms with E-state index in [1.165, 1.54) is 14.0 Å². The molecule has 0 rings (SSSR count). The van der Waals surface area contributed by atoms with Crippen LogP contribution in [0.15, 0.2) is 0 Å². The average Bonchev–Trinajstić information content (AvgIpc) is 2.01. The molecule has 0 aromatic rings. The molecule has 0 aliphatic heterocycles. The zero-order chi connectivity index (χ0) is 10.4. The van der Waals surface area contributed by atoms with Crippen molar-refractivity contribution in [2.75, 3.05) is 7.05 Å². The van der Waals surface area contributed by atoms with Crippen LogP contribution in [0, 0.1) is 0 Å². The molecule has 74 valence electrons. The second-order valence-corrected chi connectivity index (χ2v) is 2.78. The lowest BCUT2D eigenvalue weighted by molar-refractivity contribution is -0.131. The van der Waals surface area contributed by atoms with E-state index in [4.69, 9.17) is 0 Å². The minimum absolute atomic E-state index is 0.179. The van der Waals surface area contributed by atoms with Gasteiger partial charge in [-0.25, -0.2) is 0 Å². The molecular formula is C8H14N2O3. The topological polar surface area (TPSA) is 75.3 Å². The highest BCUT2D eigenvalue weighted by atomic mass is 16.2.